The molecule has 0 bridgehead atoms. The molecule has 0 unspecified atom stereocenters. The number of amides is 1. The first-order valence-electron chi connectivity index (χ1n) is 9.49. The van der Waals surface area contributed by atoms with Crippen LogP contribution in [-0.2, 0) is 27.6 Å². The molecule has 3 rings (SSSR count). The van der Waals surface area contributed by atoms with E-state index in [2.05, 4.69) is 10.3 Å². The van der Waals surface area contributed by atoms with Crippen molar-refractivity contribution < 1.29 is 17.7 Å². The molecule has 8 nitrogen and oxygen atoms in total. The van der Waals surface area contributed by atoms with Crippen molar-refractivity contribution in [2.45, 2.75) is 59.5 Å². The van der Waals surface area contributed by atoms with E-state index in [1.165, 1.54) is 0 Å². The van der Waals surface area contributed by atoms with E-state index in [1.807, 2.05) is 32.4 Å². The molecule has 0 N–H and O–H groups in total. The fraction of sp³-hybridized carbons (Fsp3) is 0.632. The predicted molar refractivity (Wildman–Crippen MR) is 105 cm³/mol. The smallest absolute Gasteiger partial charge is 0.222 e. The summed E-state index contributed by atoms with van der Waals surface area (Å²) < 4.78 is 30.6. The highest BCUT2D eigenvalue weighted by molar-refractivity contribution is 7.91. The Morgan fingerprint density at radius 1 is 1.21 bits per heavy atom. The van der Waals surface area contributed by atoms with Crippen LogP contribution in [0.4, 0.5) is 0 Å². The maximum atomic E-state index is 12.6. The lowest BCUT2D eigenvalue weighted by atomic mass is 10.1. The highest BCUT2D eigenvalue weighted by atomic mass is 32.2. The molecule has 0 aliphatic carbocycles. The average Bonchev–Trinajstić information content (AvgIpc) is 3.24. The van der Waals surface area contributed by atoms with Gasteiger partial charge in [0.05, 0.1) is 28.9 Å². The van der Waals surface area contributed by atoms with Gasteiger partial charge in [0.1, 0.15) is 5.76 Å². The second kappa shape index (κ2) is 7.69. The van der Waals surface area contributed by atoms with Crippen molar-refractivity contribution in [3.05, 3.63) is 34.0 Å². The lowest BCUT2D eigenvalue weighted by Gasteiger charge is -2.18. The minimum Gasteiger partial charge on any atom is -0.361 e. The minimum atomic E-state index is -2.97. The molecule has 9 heteroatoms. The van der Waals surface area contributed by atoms with Crippen molar-refractivity contribution in [2.24, 2.45) is 0 Å². The van der Waals surface area contributed by atoms with E-state index < -0.39 is 9.84 Å². The Balaban J connectivity index is 1.67. The highest BCUT2D eigenvalue weighted by Gasteiger charge is 2.31. The normalized spacial score (nSPS) is 18.5. The van der Waals surface area contributed by atoms with Gasteiger partial charge in [-0.1, -0.05) is 5.16 Å². The number of sulfone groups is 1. The topological polar surface area (TPSA) is 98.3 Å². The summed E-state index contributed by atoms with van der Waals surface area (Å²) in [7, 11) is -1.19. The van der Waals surface area contributed by atoms with Gasteiger partial charge in [-0.25, -0.2) is 8.42 Å². The average molecular weight is 409 g/mol. The van der Waals surface area contributed by atoms with E-state index in [0.717, 1.165) is 34.0 Å². The molecule has 1 aliphatic heterocycles. The van der Waals surface area contributed by atoms with Crippen LogP contribution in [0, 0.1) is 27.7 Å². The van der Waals surface area contributed by atoms with E-state index in [0.29, 0.717) is 25.8 Å². The Kier molecular flexibility index (Phi) is 5.65. The van der Waals surface area contributed by atoms with Gasteiger partial charge in [-0.2, -0.15) is 5.10 Å². The quantitative estimate of drug-likeness (QED) is 0.725. The SMILES string of the molecule is Cc1noc(C)c1CCC(=O)N(C)Cc1c(C)nn([C@H]2CCS(=O)(=O)C2)c1C. The van der Waals surface area contributed by atoms with Gasteiger partial charge in [0.25, 0.3) is 0 Å². The molecule has 1 fully saturated rings. The monoisotopic (exact) mass is 408 g/mol. The zero-order chi connectivity index (χ0) is 20.6. The molecular weight excluding hydrogens is 380 g/mol. The van der Waals surface area contributed by atoms with Crippen LogP contribution in [0.3, 0.4) is 0 Å². The lowest BCUT2D eigenvalue weighted by Crippen LogP contribution is -2.27. The molecule has 0 saturated carbocycles. The number of hydrogen-bond donors (Lipinski definition) is 0. The fourth-order valence-corrected chi connectivity index (χ4v) is 5.55. The van der Waals surface area contributed by atoms with Crippen molar-refractivity contribution in [3.63, 3.8) is 0 Å². The van der Waals surface area contributed by atoms with Crippen molar-refractivity contribution in [3.8, 4) is 0 Å². The van der Waals surface area contributed by atoms with Crippen LogP contribution in [0.1, 0.15) is 52.9 Å². The lowest BCUT2D eigenvalue weighted by molar-refractivity contribution is -0.130. The molecular formula is C19H28N4O4S. The number of nitrogens with zero attached hydrogens (tertiary/aromatic N) is 4. The zero-order valence-corrected chi connectivity index (χ0v) is 18.0. The molecule has 1 atom stereocenters. The Bertz CT molecular complexity index is 970. The minimum absolute atomic E-state index is 0.0370. The van der Waals surface area contributed by atoms with E-state index in [9.17, 15) is 13.2 Å². The van der Waals surface area contributed by atoms with E-state index in [-0.39, 0.29) is 23.5 Å². The molecule has 0 radical (unpaired) electrons. The van der Waals surface area contributed by atoms with Crippen molar-refractivity contribution in [1.82, 2.24) is 19.8 Å². The third-order valence-corrected chi connectivity index (χ3v) is 7.37. The Morgan fingerprint density at radius 2 is 1.93 bits per heavy atom. The first-order valence-corrected chi connectivity index (χ1v) is 11.3. The molecule has 1 amide bonds. The number of carbonyl (C=O) groups excluding carboxylic acids is 1. The molecule has 1 saturated heterocycles. The summed E-state index contributed by atoms with van der Waals surface area (Å²) in [5.41, 5.74) is 4.58. The van der Waals surface area contributed by atoms with E-state index in [1.54, 1.807) is 11.9 Å². The van der Waals surface area contributed by atoms with Crippen molar-refractivity contribution in [1.29, 1.82) is 0 Å². The first kappa shape index (κ1) is 20.6. The molecule has 154 valence electrons. The van der Waals surface area contributed by atoms with Gasteiger partial charge in [0.15, 0.2) is 9.84 Å². The summed E-state index contributed by atoms with van der Waals surface area (Å²) in [6.07, 6.45) is 1.57. The summed E-state index contributed by atoms with van der Waals surface area (Å²) in [5, 5.41) is 8.50. The van der Waals surface area contributed by atoms with Gasteiger partial charge in [0, 0.05) is 36.8 Å². The summed E-state index contributed by atoms with van der Waals surface area (Å²) >= 11 is 0. The van der Waals surface area contributed by atoms with Crippen LogP contribution in [0.25, 0.3) is 0 Å². The maximum Gasteiger partial charge on any atom is 0.222 e. The zero-order valence-electron chi connectivity index (χ0n) is 17.2. The van der Waals surface area contributed by atoms with Crippen LogP contribution in [0.2, 0.25) is 0 Å². The summed E-state index contributed by atoms with van der Waals surface area (Å²) in [4.78, 5) is 14.3. The van der Waals surface area contributed by atoms with E-state index >= 15 is 0 Å². The third kappa shape index (κ3) is 4.14. The molecule has 1 aliphatic rings. The Hall–Kier alpha value is -2.16. The summed E-state index contributed by atoms with van der Waals surface area (Å²) in [6.45, 7) is 8.04. The van der Waals surface area contributed by atoms with Crippen LogP contribution in [0.15, 0.2) is 4.52 Å². The number of hydrogen-bond acceptors (Lipinski definition) is 6. The van der Waals surface area contributed by atoms with Crippen molar-refractivity contribution in [2.75, 3.05) is 18.6 Å². The van der Waals surface area contributed by atoms with Gasteiger partial charge in [-0.05, 0) is 40.5 Å². The number of aromatic nitrogens is 3. The van der Waals surface area contributed by atoms with Crippen LogP contribution >= 0.6 is 0 Å². The van der Waals surface area contributed by atoms with E-state index in [4.69, 9.17) is 4.52 Å². The van der Waals surface area contributed by atoms with Crippen LogP contribution in [-0.4, -0.2) is 52.7 Å². The Labute approximate surface area is 165 Å². The van der Waals surface area contributed by atoms with Crippen molar-refractivity contribution >= 4 is 15.7 Å². The van der Waals surface area contributed by atoms with Gasteiger partial charge < -0.3 is 9.42 Å². The van der Waals surface area contributed by atoms with Gasteiger partial charge >= 0.3 is 0 Å². The number of carbonyl (C=O) groups is 1. The van der Waals surface area contributed by atoms with Gasteiger partial charge in [0.2, 0.25) is 5.91 Å². The third-order valence-electron chi connectivity index (χ3n) is 5.62. The molecule has 0 aromatic carbocycles. The fourth-order valence-electron chi connectivity index (χ4n) is 3.86. The largest absolute Gasteiger partial charge is 0.361 e. The molecule has 2 aromatic rings. The highest BCUT2D eigenvalue weighted by Crippen LogP contribution is 2.27. The predicted octanol–water partition coefficient (Wildman–Crippen LogP) is 2.06. The summed E-state index contributed by atoms with van der Waals surface area (Å²) in [6, 6.07) is -0.113. The molecule has 3 heterocycles. The summed E-state index contributed by atoms with van der Waals surface area (Å²) in [5.74, 6) is 1.15. The van der Waals surface area contributed by atoms with Gasteiger partial charge in [-0.3, -0.25) is 9.48 Å². The molecule has 28 heavy (non-hydrogen) atoms. The molecule has 2 aromatic heterocycles. The number of aryl methyl sites for hydroxylation is 3. The standard InChI is InChI=1S/C19H28N4O4S/c1-12-18(14(3)23(20-12)16-8-9-28(25,26)11-16)10-22(5)19(24)7-6-17-13(2)21-27-15(17)4/h16H,6-11H2,1-5H3/t16-/m0/s1. The second-order valence-electron chi connectivity index (χ2n) is 7.70. The van der Waals surface area contributed by atoms with Crippen LogP contribution < -0.4 is 0 Å². The number of rotatable bonds is 6. The Morgan fingerprint density at radius 3 is 2.50 bits per heavy atom. The maximum absolute atomic E-state index is 12.6. The van der Waals surface area contributed by atoms with Gasteiger partial charge in [-0.15, -0.1) is 0 Å². The molecule has 0 spiro atoms. The van der Waals surface area contributed by atoms with Crippen LogP contribution in [0.5, 0.6) is 0 Å². The second-order valence-corrected chi connectivity index (χ2v) is 9.93. The first-order chi connectivity index (χ1) is 13.1.